The predicted molar refractivity (Wildman–Crippen MR) is 111 cm³/mol. The Bertz CT molecular complexity index is 869. The van der Waals surface area contributed by atoms with Crippen molar-refractivity contribution in [2.24, 2.45) is 0 Å². The summed E-state index contributed by atoms with van der Waals surface area (Å²) < 4.78 is 4.97. The highest BCUT2D eigenvalue weighted by atomic mass is 16.5. The van der Waals surface area contributed by atoms with Gasteiger partial charge in [0, 0.05) is 5.69 Å². The van der Waals surface area contributed by atoms with Crippen molar-refractivity contribution in [3.63, 3.8) is 0 Å². The molecule has 4 N–H and O–H groups in total. The first-order chi connectivity index (χ1) is 14.1. The van der Waals surface area contributed by atoms with Gasteiger partial charge in [0.05, 0.1) is 44.1 Å². The lowest BCUT2D eigenvalue weighted by Crippen LogP contribution is -2.85. The van der Waals surface area contributed by atoms with Crippen LogP contribution >= 0.6 is 0 Å². The van der Waals surface area contributed by atoms with Crippen molar-refractivity contribution in [1.82, 2.24) is 0 Å². The molecule has 0 atom stereocenters. The molecule has 154 valence electrons. The number of nitrogens with one attached hydrogen (secondary N) is 1. The molecule has 1 aliphatic rings. The highest BCUT2D eigenvalue weighted by Gasteiger charge is 2.26. The predicted octanol–water partition coefficient (Wildman–Crippen LogP) is 1.96. The van der Waals surface area contributed by atoms with E-state index in [1.807, 2.05) is 41.7 Å². The number of rotatable bonds is 7. The molecule has 0 bridgehead atoms. The Morgan fingerprint density at radius 1 is 1.10 bits per heavy atom. The fourth-order valence-electron chi connectivity index (χ4n) is 3.53. The maximum absolute atomic E-state index is 13.2. The van der Waals surface area contributed by atoms with E-state index in [0.717, 1.165) is 35.3 Å². The first-order valence-corrected chi connectivity index (χ1v) is 10.0. The Balaban J connectivity index is 1.94. The molecule has 0 unspecified atom stereocenters. The lowest BCUT2D eigenvalue weighted by Gasteiger charge is -2.25. The summed E-state index contributed by atoms with van der Waals surface area (Å²) in [5, 5.41) is 13.6. The Morgan fingerprint density at radius 2 is 1.86 bits per heavy atom. The lowest BCUT2D eigenvalue weighted by atomic mass is 10.0. The van der Waals surface area contributed by atoms with Gasteiger partial charge < -0.3 is 15.2 Å². The van der Waals surface area contributed by atoms with Crippen molar-refractivity contribution in [2.45, 2.75) is 26.2 Å². The van der Waals surface area contributed by atoms with Crippen LogP contribution in [0.1, 0.15) is 24.5 Å². The van der Waals surface area contributed by atoms with Crippen molar-refractivity contribution in [3.05, 3.63) is 53.6 Å². The molecule has 0 saturated carbocycles. The van der Waals surface area contributed by atoms with Crippen molar-refractivity contribution in [1.29, 1.82) is 0 Å². The van der Waals surface area contributed by atoms with Crippen LogP contribution in [-0.4, -0.2) is 43.4 Å². The van der Waals surface area contributed by atoms with Crippen LogP contribution in [0, 0.1) is 0 Å². The van der Waals surface area contributed by atoms with Crippen LogP contribution in [0.5, 0.6) is 0 Å². The summed E-state index contributed by atoms with van der Waals surface area (Å²) in [6, 6.07) is 13.6. The van der Waals surface area contributed by atoms with Crippen molar-refractivity contribution < 1.29 is 24.7 Å². The third-order valence-electron chi connectivity index (χ3n) is 4.89. The fourth-order valence-corrected chi connectivity index (χ4v) is 3.53. The summed E-state index contributed by atoms with van der Waals surface area (Å²) >= 11 is 0. The summed E-state index contributed by atoms with van der Waals surface area (Å²) in [6.07, 6.45) is 1.49. The number of aryl methyl sites for hydroxylation is 2. The number of anilines is 3. The minimum atomic E-state index is -0.516. The van der Waals surface area contributed by atoms with E-state index >= 15 is 0 Å². The molecule has 1 aliphatic heterocycles. The molecule has 0 aromatic heterocycles. The summed E-state index contributed by atoms with van der Waals surface area (Å²) in [5.74, 6) is -0.0110. The minimum Gasteiger partial charge on any atom is -0.450 e. The molecule has 0 aliphatic carbocycles. The normalized spacial score (nSPS) is 12.6. The maximum atomic E-state index is 13.2. The quantitative estimate of drug-likeness (QED) is 0.622. The summed E-state index contributed by atoms with van der Waals surface area (Å²) in [6.45, 7) is 3.32. The van der Waals surface area contributed by atoms with Crippen molar-refractivity contribution in [3.8, 4) is 0 Å². The van der Waals surface area contributed by atoms with Crippen LogP contribution in [0.3, 0.4) is 0 Å². The Labute approximate surface area is 170 Å². The number of quaternary nitrogens is 1. The van der Waals surface area contributed by atoms with E-state index in [1.165, 1.54) is 0 Å². The van der Waals surface area contributed by atoms with Crippen LogP contribution in [0.15, 0.2) is 42.5 Å². The molecule has 7 nitrogen and oxygen atoms in total. The van der Waals surface area contributed by atoms with Gasteiger partial charge in [0.1, 0.15) is 0 Å². The van der Waals surface area contributed by atoms with Gasteiger partial charge in [-0.15, -0.1) is 0 Å². The van der Waals surface area contributed by atoms with Crippen LogP contribution < -0.4 is 15.5 Å². The van der Waals surface area contributed by atoms with Gasteiger partial charge in [-0.3, -0.25) is 15.0 Å². The van der Waals surface area contributed by atoms with E-state index in [1.54, 1.807) is 11.8 Å². The van der Waals surface area contributed by atoms with Crippen molar-refractivity contribution in [2.75, 3.05) is 36.5 Å². The number of nitrogens with two attached hydrogens (primary N) is 1. The smallest absolute Gasteiger partial charge is 0.411 e. The van der Waals surface area contributed by atoms with Crippen LogP contribution in [0.4, 0.5) is 21.9 Å². The number of ether oxygens (including phenoxy) is 1. The fraction of sp³-hybridized carbons (Fsp3) is 0.364. The summed E-state index contributed by atoms with van der Waals surface area (Å²) in [4.78, 5) is 26.8. The van der Waals surface area contributed by atoms with Gasteiger partial charge in [0.15, 0.2) is 0 Å². The number of fused-ring (bicyclic) bond motifs is 2. The molecule has 0 spiro atoms. The third-order valence-corrected chi connectivity index (χ3v) is 4.89. The number of benzene rings is 2. The zero-order valence-electron chi connectivity index (χ0n) is 16.7. The van der Waals surface area contributed by atoms with Gasteiger partial charge in [-0.05, 0) is 49.1 Å². The number of para-hydroxylation sites is 1. The Kier molecular flexibility index (Phi) is 7.21. The number of nitrogens with zero attached hydrogens (tertiary/aromatic N) is 1. The average molecular weight is 398 g/mol. The van der Waals surface area contributed by atoms with Gasteiger partial charge in [0.2, 0.25) is 5.91 Å². The number of carbonyl (C=O) groups excluding carboxylic acids is 2. The molecular weight excluding hydrogens is 370 g/mol. The van der Waals surface area contributed by atoms with E-state index in [2.05, 4.69) is 11.4 Å². The number of hydrogen-bond donors (Lipinski definition) is 3. The zero-order chi connectivity index (χ0) is 20.6. The zero-order valence-corrected chi connectivity index (χ0v) is 16.7. The number of amides is 2. The molecule has 2 aromatic carbocycles. The summed E-state index contributed by atoms with van der Waals surface area (Å²) in [7, 11) is 0. The Morgan fingerprint density at radius 3 is 2.62 bits per heavy atom. The summed E-state index contributed by atoms with van der Waals surface area (Å²) in [5.41, 5.74) is 4.44. The SMILES string of the molecule is CCOC(=O)Nc1ccc2c(c1)N(C(=O)CC[NH2+]CCO)c1ccccc1CC2. The van der Waals surface area contributed by atoms with Gasteiger partial charge in [-0.1, -0.05) is 24.3 Å². The molecule has 3 rings (SSSR count). The van der Waals surface area contributed by atoms with Gasteiger partial charge >= 0.3 is 6.09 Å². The number of carbonyl (C=O) groups is 2. The second kappa shape index (κ2) is 10.0. The Hall–Kier alpha value is -2.90. The standard InChI is InChI=1S/C22H27N3O4/c1-2-29-22(28)24-18-10-9-17-8-7-16-5-3-4-6-19(16)25(20(17)15-18)21(27)11-12-23-13-14-26/h3-6,9-10,15,23,26H,2,7-8,11-14H2,1H3,(H,24,28)/p+1. The second-order valence-electron chi connectivity index (χ2n) is 6.89. The maximum Gasteiger partial charge on any atom is 0.411 e. The minimum absolute atomic E-state index is 0.0110. The topological polar surface area (TPSA) is 95.5 Å². The van der Waals surface area contributed by atoms with Gasteiger partial charge in [-0.2, -0.15) is 0 Å². The number of aliphatic hydroxyl groups is 1. The highest BCUT2D eigenvalue weighted by Crippen LogP contribution is 2.38. The molecule has 0 fully saturated rings. The number of aliphatic hydroxyl groups excluding tert-OH is 1. The molecule has 2 amide bonds. The van der Waals surface area contributed by atoms with E-state index in [-0.39, 0.29) is 12.5 Å². The number of hydrogen-bond acceptors (Lipinski definition) is 4. The molecule has 0 saturated heterocycles. The van der Waals surface area contributed by atoms with Crippen LogP contribution in [0.25, 0.3) is 0 Å². The lowest BCUT2D eigenvalue weighted by molar-refractivity contribution is -0.654. The van der Waals surface area contributed by atoms with Crippen LogP contribution in [-0.2, 0) is 22.4 Å². The third kappa shape index (κ3) is 5.13. The molecule has 2 aromatic rings. The first kappa shape index (κ1) is 20.8. The molecule has 29 heavy (non-hydrogen) atoms. The molecular formula is C22H28N3O4+. The first-order valence-electron chi connectivity index (χ1n) is 10.0. The monoisotopic (exact) mass is 398 g/mol. The van der Waals surface area contributed by atoms with Crippen LogP contribution in [0.2, 0.25) is 0 Å². The average Bonchev–Trinajstić information content (AvgIpc) is 2.88. The highest BCUT2D eigenvalue weighted by molar-refractivity contribution is 6.03. The van der Waals surface area contributed by atoms with E-state index in [9.17, 15) is 9.59 Å². The largest absolute Gasteiger partial charge is 0.450 e. The van der Waals surface area contributed by atoms with E-state index in [0.29, 0.717) is 31.8 Å². The van der Waals surface area contributed by atoms with Crippen molar-refractivity contribution >= 4 is 29.1 Å². The van der Waals surface area contributed by atoms with Gasteiger partial charge in [0.25, 0.3) is 0 Å². The molecule has 1 heterocycles. The second-order valence-corrected chi connectivity index (χ2v) is 6.89. The van der Waals surface area contributed by atoms with E-state index < -0.39 is 6.09 Å². The van der Waals surface area contributed by atoms with E-state index in [4.69, 9.17) is 9.84 Å². The molecule has 7 heteroatoms. The molecule has 0 radical (unpaired) electrons. The van der Waals surface area contributed by atoms with Gasteiger partial charge in [-0.25, -0.2) is 4.79 Å².